The van der Waals surface area contributed by atoms with Crippen LogP contribution in [0, 0.1) is 0 Å². The van der Waals surface area contributed by atoms with Crippen LogP contribution in [0.2, 0.25) is 0 Å². The first kappa shape index (κ1) is 7.50. The lowest BCUT2D eigenvalue weighted by Crippen LogP contribution is -2.38. The Balaban J connectivity index is 2.58. The van der Waals surface area contributed by atoms with E-state index in [9.17, 15) is 4.79 Å². The quantitative estimate of drug-likeness (QED) is 0.485. The number of methoxy groups -OCH3 is 1. The summed E-state index contributed by atoms with van der Waals surface area (Å²) in [4.78, 5) is 10.9. The summed E-state index contributed by atoms with van der Waals surface area (Å²) in [5.74, 6) is -0.384. The highest BCUT2D eigenvalue weighted by atomic mass is 16.7. The van der Waals surface area contributed by atoms with Gasteiger partial charge in [0.15, 0.2) is 5.60 Å². The lowest BCUT2D eigenvalue weighted by Gasteiger charge is -2.16. The number of carbonyl (C=O) groups excluding carboxylic acids is 1. The van der Waals surface area contributed by atoms with E-state index in [1.54, 1.807) is 6.92 Å². The summed E-state index contributed by atoms with van der Waals surface area (Å²) >= 11 is 0. The van der Waals surface area contributed by atoms with Crippen LogP contribution in [-0.4, -0.2) is 32.1 Å². The minimum absolute atomic E-state index is 0.172. The maximum Gasteiger partial charge on any atom is 0.340 e. The molecule has 0 aromatic heterocycles. The zero-order valence-corrected chi connectivity index (χ0v) is 6.05. The molecule has 1 rings (SSSR count). The van der Waals surface area contributed by atoms with Crippen LogP contribution in [0.3, 0.4) is 0 Å². The third-order valence-corrected chi connectivity index (χ3v) is 1.46. The molecule has 4 nitrogen and oxygen atoms in total. The molecule has 0 spiro atoms. The molecule has 1 heterocycles. The summed E-state index contributed by atoms with van der Waals surface area (Å²) in [6.07, 6.45) is 0. The number of hydrogen-bond donors (Lipinski definition) is 0. The first-order chi connectivity index (χ1) is 4.69. The van der Waals surface area contributed by atoms with Crippen molar-refractivity contribution in [3.63, 3.8) is 0 Å². The normalized spacial score (nSPS) is 32.2. The third-order valence-electron chi connectivity index (χ3n) is 1.46. The van der Waals surface area contributed by atoms with Gasteiger partial charge in [0.1, 0.15) is 6.79 Å². The van der Waals surface area contributed by atoms with E-state index < -0.39 is 5.60 Å². The molecule has 58 valence electrons. The first-order valence-corrected chi connectivity index (χ1v) is 2.99. The van der Waals surface area contributed by atoms with Gasteiger partial charge in [-0.15, -0.1) is 0 Å². The molecule has 1 fully saturated rings. The number of esters is 1. The van der Waals surface area contributed by atoms with Crippen molar-refractivity contribution in [1.29, 1.82) is 0 Å². The molecule has 0 aromatic rings. The van der Waals surface area contributed by atoms with E-state index in [0.717, 1.165) is 0 Å². The Bertz CT molecular complexity index is 137. The van der Waals surface area contributed by atoms with Crippen molar-refractivity contribution in [3.05, 3.63) is 0 Å². The first-order valence-electron chi connectivity index (χ1n) is 2.99. The summed E-state index contributed by atoms with van der Waals surface area (Å²) in [6.45, 7) is 2.09. The summed E-state index contributed by atoms with van der Waals surface area (Å²) in [6, 6.07) is 0. The second kappa shape index (κ2) is 2.56. The minimum Gasteiger partial charge on any atom is -0.467 e. The molecule has 0 N–H and O–H groups in total. The van der Waals surface area contributed by atoms with Gasteiger partial charge in [-0.1, -0.05) is 0 Å². The number of rotatable bonds is 1. The third kappa shape index (κ3) is 1.12. The molecule has 0 bridgehead atoms. The van der Waals surface area contributed by atoms with Gasteiger partial charge in [-0.25, -0.2) is 4.79 Å². The van der Waals surface area contributed by atoms with Gasteiger partial charge in [0.25, 0.3) is 0 Å². The zero-order chi connectivity index (χ0) is 7.61. The van der Waals surface area contributed by atoms with Crippen molar-refractivity contribution in [1.82, 2.24) is 0 Å². The van der Waals surface area contributed by atoms with Crippen LogP contribution < -0.4 is 0 Å². The highest BCUT2D eigenvalue weighted by Gasteiger charge is 2.39. The molecule has 0 saturated carbocycles. The molecule has 1 atom stereocenters. The van der Waals surface area contributed by atoms with E-state index in [2.05, 4.69) is 4.74 Å². The lowest BCUT2D eigenvalue weighted by atomic mass is 10.1. The summed E-state index contributed by atoms with van der Waals surface area (Å²) in [5.41, 5.74) is -0.880. The molecular weight excluding hydrogens is 136 g/mol. The van der Waals surface area contributed by atoms with Crippen molar-refractivity contribution in [2.24, 2.45) is 0 Å². The number of hydrogen-bond acceptors (Lipinski definition) is 4. The topological polar surface area (TPSA) is 44.8 Å². The lowest BCUT2D eigenvalue weighted by molar-refractivity contribution is -0.160. The van der Waals surface area contributed by atoms with Crippen LogP contribution in [0.5, 0.6) is 0 Å². The largest absolute Gasteiger partial charge is 0.467 e. The molecule has 1 saturated heterocycles. The molecule has 10 heavy (non-hydrogen) atoms. The maximum absolute atomic E-state index is 10.9. The molecule has 0 radical (unpaired) electrons. The van der Waals surface area contributed by atoms with Gasteiger partial charge in [-0.2, -0.15) is 0 Å². The van der Waals surface area contributed by atoms with Crippen LogP contribution >= 0.6 is 0 Å². The SMILES string of the molecule is COC(=O)[C@@]1(C)COCO1. The monoisotopic (exact) mass is 146 g/mol. The smallest absolute Gasteiger partial charge is 0.340 e. The second-order valence-electron chi connectivity index (χ2n) is 2.33. The van der Waals surface area contributed by atoms with Crippen LogP contribution in [0.4, 0.5) is 0 Å². The van der Waals surface area contributed by atoms with Gasteiger partial charge in [0.05, 0.1) is 13.7 Å². The van der Waals surface area contributed by atoms with Gasteiger partial charge in [-0.3, -0.25) is 0 Å². The summed E-state index contributed by atoms with van der Waals surface area (Å²) in [5, 5.41) is 0. The molecule has 0 aliphatic carbocycles. The Kier molecular flexibility index (Phi) is 1.92. The molecule has 1 aliphatic rings. The molecule has 0 amide bonds. The summed E-state index contributed by atoms with van der Waals surface area (Å²) < 4.78 is 14.3. The van der Waals surface area contributed by atoms with Gasteiger partial charge in [-0.05, 0) is 6.92 Å². The van der Waals surface area contributed by atoms with Crippen LogP contribution in [0.15, 0.2) is 0 Å². The fraction of sp³-hybridized carbons (Fsp3) is 0.833. The predicted molar refractivity (Wildman–Crippen MR) is 32.3 cm³/mol. The van der Waals surface area contributed by atoms with Gasteiger partial charge < -0.3 is 14.2 Å². The Morgan fingerprint density at radius 2 is 2.40 bits per heavy atom. The van der Waals surface area contributed by atoms with Crippen LogP contribution in [-0.2, 0) is 19.0 Å². The van der Waals surface area contributed by atoms with E-state index in [1.165, 1.54) is 7.11 Å². The van der Waals surface area contributed by atoms with Crippen LogP contribution in [0.1, 0.15) is 6.92 Å². The minimum atomic E-state index is -0.880. The number of ether oxygens (including phenoxy) is 3. The van der Waals surface area contributed by atoms with Gasteiger partial charge in [0.2, 0.25) is 0 Å². The standard InChI is InChI=1S/C6H10O4/c1-6(5(7)8-2)3-9-4-10-6/h3-4H2,1-2H3/t6-/m1/s1. The Morgan fingerprint density at radius 3 is 2.80 bits per heavy atom. The average Bonchev–Trinajstić information content (AvgIpc) is 2.36. The van der Waals surface area contributed by atoms with Crippen molar-refractivity contribution in [2.75, 3.05) is 20.5 Å². The highest BCUT2D eigenvalue weighted by Crippen LogP contribution is 2.18. The van der Waals surface area contributed by atoms with E-state index >= 15 is 0 Å². The highest BCUT2D eigenvalue weighted by molar-refractivity contribution is 5.79. The van der Waals surface area contributed by atoms with E-state index in [1.807, 2.05) is 0 Å². The molecular formula is C6H10O4. The molecule has 1 aliphatic heterocycles. The van der Waals surface area contributed by atoms with Crippen LogP contribution in [0.25, 0.3) is 0 Å². The van der Waals surface area contributed by atoms with Gasteiger partial charge >= 0.3 is 5.97 Å². The van der Waals surface area contributed by atoms with E-state index in [0.29, 0.717) is 0 Å². The Labute approximate surface area is 59.1 Å². The van der Waals surface area contributed by atoms with Crippen molar-refractivity contribution in [2.45, 2.75) is 12.5 Å². The fourth-order valence-corrected chi connectivity index (χ4v) is 0.784. The number of carbonyl (C=O) groups is 1. The van der Waals surface area contributed by atoms with E-state index in [-0.39, 0.29) is 19.4 Å². The molecule has 4 heteroatoms. The van der Waals surface area contributed by atoms with E-state index in [4.69, 9.17) is 9.47 Å². The molecule has 0 aromatic carbocycles. The second-order valence-corrected chi connectivity index (χ2v) is 2.33. The predicted octanol–water partition coefficient (Wildman–Crippen LogP) is -0.0776. The zero-order valence-electron chi connectivity index (χ0n) is 6.05. The Hall–Kier alpha value is -0.610. The van der Waals surface area contributed by atoms with Crippen molar-refractivity contribution in [3.8, 4) is 0 Å². The maximum atomic E-state index is 10.9. The summed E-state index contributed by atoms with van der Waals surface area (Å²) in [7, 11) is 1.33. The van der Waals surface area contributed by atoms with Crippen molar-refractivity contribution < 1.29 is 19.0 Å². The molecule has 0 unspecified atom stereocenters. The van der Waals surface area contributed by atoms with Gasteiger partial charge in [0, 0.05) is 0 Å². The van der Waals surface area contributed by atoms with Crippen molar-refractivity contribution >= 4 is 5.97 Å². The fourth-order valence-electron chi connectivity index (χ4n) is 0.784. The Morgan fingerprint density at radius 1 is 1.70 bits per heavy atom. The average molecular weight is 146 g/mol.